The lowest BCUT2D eigenvalue weighted by Gasteiger charge is -2.08. The third kappa shape index (κ3) is 2.28. The third-order valence-corrected chi connectivity index (χ3v) is 1.75. The third-order valence-electron chi connectivity index (χ3n) is 1.75. The zero-order chi connectivity index (χ0) is 11.6. The van der Waals surface area contributed by atoms with E-state index >= 15 is 0 Å². The van der Waals surface area contributed by atoms with Crippen molar-refractivity contribution < 1.29 is 22.7 Å². The van der Waals surface area contributed by atoms with Crippen LogP contribution in [0.25, 0.3) is 0 Å². The molecule has 0 aromatic carbocycles. The van der Waals surface area contributed by atoms with Crippen LogP contribution in [0.1, 0.15) is 23.0 Å². The van der Waals surface area contributed by atoms with Gasteiger partial charge in [0.2, 0.25) is 0 Å². The van der Waals surface area contributed by atoms with Gasteiger partial charge >= 0.3 is 12.3 Å². The number of hydrogen-bond acceptors (Lipinski definition) is 3. The molecule has 0 atom stereocenters. The van der Waals surface area contributed by atoms with Crippen molar-refractivity contribution in [1.29, 1.82) is 0 Å². The van der Waals surface area contributed by atoms with Crippen molar-refractivity contribution in [3.05, 3.63) is 17.5 Å². The van der Waals surface area contributed by atoms with Crippen molar-refractivity contribution in [1.82, 2.24) is 9.78 Å². The minimum absolute atomic E-state index is 0.107. The number of alkyl halides is 3. The normalized spacial score (nSPS) is 11.5. The molecule has 1 rings (SSSR count). The smallest absolute Gasteiger partial charge is 0.462 e. The summed E-state index contributed by atoms with van der Waals surface area (Å²) < 4.78 is 41.2. The van der Waals surface area contributed by atoms with Crippen LogP contribution in [0.4, 0.5) is 13.2 Å². The molecule has 0 saturated carbocycles. The fraction of sp³-hybridized carbons (Fsp3) is 0.500. The van der Waals surface area contributed by atoms with Crippen LogP contribution in [0.2, 0.25) is 0 Å². The molecule has 84 valence electrons. The van der Waals surface area contributed by atoms with Gasteiger partial charge in [-0.1, -0.05) is 0 Å². The van der Waals surface area contributed by atoms with Gasteiger partial charge in [-0.2, -0.15) is 9.78 Å². The molecule has 0 amide bonds. The number of carbonyl (C=O) groups is 1. The molecule has 0 bridgehead atoms. The number of hydrogen-bond donors (Lipinski definition) is 0. The van der Waals surface area contributed by atoms with Crippen LogP contribution in [0.5, 0.6) is 0 Å². The van der Waals surface area contributed by atoms with Crippen molar-refractivity contribution >= 4 is 5.97 Å². The first kappa shape index (κ1) is 11.5. The first-order chi connectivity index (χ1) is 6.88. The molecule has 15 heavy (non-hydrogen) atoms. The van der Waals surface area contributed by atoms with Crippen LogP contribution in [0.3, 0.4) is 0 Å². The Labute approximate surface area is 83.6 Å². The highest BCUT2D eigenvalue weighted by Gasteiger charge is 2.35. The van der Waals surface area contributed by atoms with Gasteiger partial charge in [0.05, 0.1) is 18.5 Å². The number of aromatic nitrogens is 2. The Morgan fingerprint density at radius 3 is 2.60 bits per heavy atom. The molecule has 0 aliphatic heterocycles. The molecule has 0 aliphatic rings. The topological polar surface area (TPSA) is 44.1 Å². The molecule has 0 fully saturated rings. The van der Waals surface area contributed by atoms with E-state index in [9.17, 15) is 18.0 Å². The standard InChI is InChI=1S/C8H9F3N2O2/c1-3-15-7(14)6-4-12-13(5(6)2)8(9,10)11/h4H,3H2,1-2H3. The van der Waals surface area contributed by atoms with Crippen LogP contribution >= 0.6 is 0 Å². The number of carbonyl (C=O) groups excluding carboxylic acids is 1. The minimum atomic E-state index is -4.62. The van der Waals surface area contributed by atoms with Crippen LogP contribution in [0, 0.1) is 6.92 Å². The SMILES string of the molecule is CCOC(=O)c1cnn(C(F)(F)F)c1C. The fourth-order valence-electron chi connectivity index (χ4n) is 1.07. The molecule has 0 aliphatic carbocycles. The summed E-state index contributed by atoms with van der Waals surface area (Å²) in [6.07, 6.45) is -3.77. The first-order valence-electron chi connectivity index (χ1n) is 4.17. The summed E-state index contributed by atoms with van der Waals surface area (Å²) in [5, 5.41) is 3.08. The molecule has 7 heteroatoms. The lowest BCUT2D eigenvalue weighted by atomic mass is 10.3. The van der Waals surface area contributed by atoms with Gasteiger partial charge in [-0.25, -0.2) is 4.79 Å². The summed E-state index contributed by atoms with van der Waals surface area (Å²) in [6, 6.07) is 0. The largest absolute Gasteiger partial charge is 0.504 e. The van der Waals surface area contributed by atoms with Crippen LogP contribution in [-0.2, 0) is 11.0 Å². The Balaban J connectivity index is 3.04. The lowest BCUT2D eigenvalue weighted by molar-refractivity contribution is -0.213. The maximum Gasteiger partial charge on any atom is 0.504 e. The van der Waals surface area contributed by atoms with Gasteiger partial charge in [0.1, 0.15) is 5.56 Å². The van der Waals surface area contributed by atoms with Gasteiger partial charge in [0.25, 0.3) is 0 Å². The van der Waals surface area contributed by atoms with E-state index < -0.39 is 12.3 Å². The number of rotatable bonds is 2. The molecular formula is C8H9F3N2O2. The Kier molecular flexibility index (Phi) is 3.01. The predicted molar refractivity (Wildman–Crippen MR) is 44.2 cm³/mol. The highest BCUT2D eigenvalue weighted by atomic mass is 19.4. The zero-order valence-electron chi connectivity index (χ0n) is 8.13. The van der Waals surface area contributed by atoms with Crippen molar-refractivity contribution in [3.63, 3.8) is 0 Å². The first-order valence-corrected chi connectivity index (χ1v) is 4.17. The van der Waals surface area contributed by atoms with Gasteiger partial charge in [-0.3, -0.25) is 0 Å². The summed E-state index contributed by atoms with van der Waals surface area (Å²) in [5.74, 6) is -0.800. The second kappa shape index (κ2) is 3.92. The molecule has 0 N–H and O–H groups in total. The average Bonchev–Trinajstić information content (AvgIpc) is 2.46. The maximum absolute atomic E-state index is 12.3. The summed E-state index contributed by atoms with van der Waals surface area (Å²) in [4.78, 5) is 11.2. The number of ether oxygens (including phenoxy) is 1. The van der Waals surface area contributed by atoms with E-state index in [4.69, 9.17) is 0 Å². The van der Waals surface area contributed by atoms with Crippen molar-refractivity contribution in [3.8, 4) is 0 Å². The van der Waals surface area contributed by atoms with Crippen LogP contribution in [0.15, 0.2) is 6.20 Å². The maximum atomic E-state index is 12.3. The Morgan fingerprint density at radius 1 is 1.60 bits per heavy atom. The average molecular weight is 222 g/mol. The number of halogens is 3. The molecule has 0 radical (unpaired) electrons. The van der Waals surface area contributed by atoms with Gasteiger partial charge < -0.3 is 4.74 Å². The molecule has 1 heterocycles. The van der Waals surface area contributed by atoms with E-state index in [2.05, 4.69) is 9.84 Å². The fourth-order valence-corrected chi connectivity index (χ4v) is 1.07. The number of esters is 1. The second-order valence-corrected chi connectivity index (χ2v) is 2.74. The lowest BCUT2D eigenvalue weighted by Crippen LogP contribution is -2.20. The molecular weight excluding hydrogens is 213 g/mol. The summed E-state index contributed by atoms with van der Waals surface area (Å²) >= 11 is 0. The molecule has 1 aromatic heterocycles. The van der Waals surface area contributed by atoms with Gasteiger partial charge in [0, 0.05) is 0 Å². The van der Waals surface area contributed by atoms with E-state index in [0.717, 1.165) is 13.1 Å². The van der Waals surface area contributed by atoms with E-state index in [1.54, 1.807) is 6.92 Å². The monoisotopic (exact) mass is 222 g/mol. The van der Waals surface area contributed by atoms with Crippen LogP contribution in [-0.4, -0.2) is 22.4 Å². The summed E-state index contributed by atoms with van der Waals surface area (Å²) in [6.45, 7) is 2.84. The Bertz CT molecular complexity index is 370. The molecule has 0 unspecified atom stereocenters. The molecule has 1 aromatic rings. The Morgan fingerprint density at radius 2 is 2.20 bits per heavy atom. The zero-order valence-corrected chi connectivity index (χ0v) is 8.13. The van der Waals surface area contributed by atoms with Gasteiger partial charge in [-0.05, 0) is 13.8 Å². The Hall–Kier alpha value is -1.53. The number of nitrogens with zero attached hydrogens (tertiary/aromatic N) is 2. The van der Waals surface area contributed by atoms with E-state index in [0.29, 0.717) is 0 Å². The van der Waals surface area contributed by atoms with E-state index in [1.165, 1.54) is 0 Å². The molecule has 4 nitrogen and oxygen atoms in total. The highest BCUT2D eigenvalue weighted by molar-refractivity contribution is 5.90. The summed E-state index contributed by atoms with van der Waals surface area (Å²) in [7, 11) is 0. The van der Waals surface area contributed by atoms with Crippen LogP contribution < -0.4 is 0 Å². The van der Waals surface area contributed by atoms with Gasteiger partial charge in [0.15, 0.2) is 0 Å². The van der Waals surface area contributed by atoms with Crippen molar-refractivity contribution in [2.45, 2.75) is 20.1 Å². The van der Waals surface area contributed by atoms with Crippen molar-refractivity contribution in [2.24, 2.45) is 0 Å². The van der Waals surface area contributed by atoms with E-state index in [-0.39, 0.29) is 22.5 Å². The summed E-state index contributed by atoms with van der Waals surface area (Å²) in [5.41, 5.74) is -0.449. The quantitative estimate of drug-likeness (QED) is 0.717. The van der Waals surface area contributed by atoms with Gasteiger partial charge in [-0.15, -0.1) is 13.2 Å². The van der Waals surface area contributed by atoms with Crippen molar-refractivity contribution in [2.75, 3.05) is 6.61 Å². The predicted octanol–water partition coefficient (Wildman–Crippen LogP) is 1.84. The molecule has 0 spiro atoms. The second-order valence-electron chi connectivity index (χ2n) is 2.74. The highest BCUT2D eigenvalue weighted by Crippen LogP contribution is 2.24. The van der Waals surface area contributed by atoms with E-state index in [1.807, 2.05) is 0 Å². The minimum Gasteiger partial charge on any atom is -0.462 e. The molecule has 0 saturated heterocycles.